The standard InChI is InChI=1S/C13H19NO3S2/c1-2-3-6-11(13(16)17)14-12(15)9-18-8-10-5-4-7-19-10/h4-5,7,11H,2-3,6,8-9H2,1H3,(H,14,15)(H,16,17)/t11-/m0/s1. The molecule has 6 heteroatoms. The van der Waals surface area contributed by atoms with Gasteiger partial charge in [-0.3, -0.25) is 4.79 Å². The minimum atomic E-state index is -0.954. The van der Waals surface area contributed by atoms with Crippen LogP contribution >= 0.6 is 23.1 Å². The highest BCUT2D eigenvalue weighted by molar-refractivity contribution is 7.99. The lowest BCUT2D eigenvalue weighted by Gasteiger charge is -2.13. The van der Waals surface area contributed by atoms with Crippen molar-refractivity contribution in [3.8, 4) is 0 Å². The molecule has 1 aromatic rings. The number of thiophene rings is 1. The third-order valence-electron chi connectivity index (χ3n) is 2.54. The summed E-state index contributed by atoms with van der Waals surface area (Å²) in [6.07, 6.45) is 2.22. The minimum Gasteiger partial charge on any atom is -0.480 e. The molecule has 1 rings (SSSR count). The van der Waals surface area contributed by atoms with Gasteiger partial charge in [0, 0.05) is 10.6 Å². The van der Waals surface area contributed by atoms with Crippen molar-refractivity contribution in [2.45, 2.75) is 38.0 Å². The number of thioether (sulfide) groups is 1. The Morgan fingerprint density at radius 2 is 2.32 bits per heavy atom. The van der Waals surface area contributed by atoms with Crippen LogP contribution in [0.1, 0.15) is 31.1 Å². The second kappa shape index (κ2) is 8.98. The number of hydrogen-bond acceptors (Lipinski definition) is 4. The average molecular weight is 301 g/mol. The van der Waals surface area contributed by atoms with Gasteiger partial charge in [-0.05, 0) is 17.9 Å². The second-order valence-electron chi connectivity index (χ2n) is 4.17. The van der Waals surface area contributed by atoms with Crippen LogP contribution in [0.15, 0.2) is 17.5 Å². The van der Waals surface area contributed by atoms with Crippen molar-refractivity contribution in [2.24, 2.45) is 0 Å². The van der Waals surface area contributed by atoms with Gasteiger partial charge < -0.3 is 10.4 Å². The molecule has 19 heavy (non-hydrogen) atoms. The third-order valence-corrected chi connectivity index (χ3v) is 4.58. The molecular weight excluding hydrogens is 282 g/mol. The smallest absolute Gasteiger partial charge is 0.326 e. The molecule has 0 aliphatic heterocycles. The van der Waals surface area contributed by atoms with Crippen molar-refractivity contribution in [3.05, 3.63) is 22.4 Å². The van der Waals surface area contributed by atoms with Crippen LogP contribution < -0.4 is 5.32 Å². The van der Waals surface area contributed by atoms with Gasteiger partial charge in [0.15, 0.2) is 0 Å². The van der Waals surface area contributed by atoms with Crippen molar-refractivity contribution in [1.29, 1.82) is 0 Å². The molecule has 2 N–H and O–H groups in total. The Morgan fingerprint density at radius 3 is 2.89 bits per heavy atom. The molecule has 0 bridgehead atoms. The van der Waals surface area contributed by atoms with Crippen molar-refractivity contribution >= 4 is 35.0 Å². The lowest BCUT2D eigenvalue weighted by atomic mass is 10.1. The van der Waals surface area contributed by atoms with Crippen LogP contribution in [0.5, 0.6) is 0 Å². The van der Waals surface area contributed by atoms with Crippen LogP contribution in [0.3, 0.4) is 0 Å². The summed E-state index contributed by atoms with van der Waals surface area (Å²) in [5, 5.41) is 13.6. The Labute approximate surface area is 121 Å². The van der Waals surface area contributed by atoms with E-state index in [4.69, 9.17) is 5.11 Å². The first-order valence-corrected chi connectivity index (χ1v) is 8.29. The zero-order valence-electron chi connectivity index (χ0n) is 10.9. The summed E-state index contributed by atoms with van der Waals surface area (Å²) in [6, 6.07) is 3.25. The fraction of sp³-hybridized carbons (Fsp3) is 0.538. The molecule has 0 spiro atoms. The summed E-state index contributed by atoms with van der Waals surface area (Å²) in [5.41, 5.74) is 0. The Balaban J connectivity index is 2.25. The summed E-state index contributed by atoms with van der Waals surface area (Å²) >= 11 is 3.16. The van der Waals surface area contributed by atoms with Gasteiger partial charge in [0.05, 0.1) is 5.75 Å². The second-order valence-corrected chi connectivity index (χ2v) is 6.19. The van der Waals surface area contributed by atoms with Gasteiger partial charge >= 0.3 is 5.97 Å². The molecule has 0 aromatic carbocycles. The number of nitrogens with one attached hydrogen (secondary N) is 1. The van der Waals surface area contributed by atoms with E-state index in [1.165, 1.54) is 16.6 Å². The molecule has 0 aliphatic carbocycles. The van der Waals surface area contributed by atoms with E-state index in [2.05, 4.69) is 5.32 Å². The normalized spacial score (nSPS) is 12.1. The molecule has 0 saturated carbocycles. The van der Waals surface area contributed by atoms with Gasteiger partial charge in [0.25, 0.3) is 0 Å². The fourth-order valence-corrected chi connectivity index (χ4v) is 3.22. The summed E-state index contributed by atoms with van der Waals surface area (Å²) < 4.78 is 0. The van der Waals surface area contributed by atoms with E-state index in [0.717, 1.165) is 18.6 Å². The maximum atomic E-state index is 11.7. The van der Waals surface area contributed by atoms with E-state index in [1.807, 2.05) is 24.4 Å². The van der Waals surface area contributed by atoms with Crippen LogP contribution in [0.25, 0.3) is 0 Å². The monoisotopic (exact) mass is 301 g/mol. The van der Waals surface area contributed by atoms with E-state index in [1.54, 1.807) is 11.3 Å². The first kappa shape index (κ1) is 16.0. The van der Waals surface area contributed by atoms with Gasteiger partial charge in [0.1, 0.15) is 6.04 Å². The molecule has 106 valence electrons. The SMILES string of the molecule is CCCC[C@H](NC(=O)CSCc1cccs1)C(=O)O. The maximum Gasteiger partial charge on any atom is 0.326 e. The zero-order chi connectivity index (χ0) is 14.1. The van der Waals surface area contributed by atoms with Crippen molar-refractivity contribution in [2.75, 3.05) is 5.75 Å². The number of unbranched alkanes of at least 4 members (excludes halogenated alkanes) is 1. The van der Waals surface area contributed by atoms with Crippen molar-refractivity contribution in [1.82, 2.24) is 5.32 Å². The van der Waals surface area contributed by atoms with E-state index in [9.17, 15) is 9.59 Å². The summed E-state index contributed by atoms with van der Waals surface area (Å²) in [5.74, 6) is -0.0684. The molecular formula is C13H19NO3S2. The highest BCUT2D eigenvalue weighted by Crippen LogP contribution is 2.16. The van der Waals surface area contributed by atoms with Crippen LogP contribution in [0, 0.1) is 0 Å². The van der Waals surface area contributed by atoms with Crippen molar-refractivity contribution in [3.63, 3.8) is 0 Å². The fourth-order valence-electron chi connectivity index (χ4n) is 1.54. The summed E-state index contributed by atoms with van der Waals surface area (Å²) in [7, 11) is 0. The van der Waals surface area contributed by atoms with Crippen LogP contribution in [0.4, 0.5) is 0 Å². The summed E-state index contributed by atoms with van der Waals surface area (Å²) in [6.45, 7) is 2.00. The quantitative estimate of drug-likeness (QED) is 0.736. The molecule has 0 aliphatic rings. The molecule has 0 saturated heterocycles. The number of carbonyl (C=O) groups is 2. The van der Waals surface area contributed by atoms with Gasteiger partial charge in [-0.15, -0.1) is 23.1 Å². The number of carboxylic acids is 1. The molecule has 4 nitrogen and oxygen atoms in total. The van der Waals surface area contributed by atoms with E-state index in [-0.39, 0.29) is 5.91 Å². The third kappa shape index (κ3) is 6.63. The average Bonchev–Trinajstić information content (AvgIpc) is 2.87. The highest BCUT2D eigenvalue weighted by Gasteiger charge is 2.18. The molecule has 1 amide bonds. The van der Waals surface area contributed by atoms with Crippen LogP contribution in [0.2, 0.25) is 0 Å². The predicted molar refractivity (Wildman–Crippen MR) is 79.6 cm³/mol. The van der Waals surface area contributed by atoms with E-state index in [0.29, 0.717) is 12.2 Å². The number of hydrogen-bond donors (Lipinski definition) is 2. The van der Waals surface area contributed by atoms with Gasteiger partial charge in [-0.25, -0.2) is 4.79 Å². The molecule has 0 unspecified atom stereocenters. The zero-order valence-corrected chi connectivity index (χ0v) is 12.6. The first-order chi connectivity index (χ1) is 9.13. The Bertz CT molecular complexity index is 393. The lowest BCUT2D eigenvalue weighted by molar-refractivity contribution is -0.141. The Morgan fingerprint density at radius 1 is 1.53 bits per heavy atom. The van der Waals surface area contributed by atoms with Gasteiger partial charge in [-0.2, -0.15) is 0 Å². The molecule has 1 aromatic heterocycles. The van der Waals surface area contributed by atoms with E-state index >= 15 is 0 Å². The number of rotatable bonds is 9. The lowest BCUT2D eigenvalue weighted by Crippen LogP contribution is -2.41. The van der Waals surface area contributed by atoms with E-state index < -0.39 is 12.0 Å². The number of amides is 1. The number of aliphatic carboxylic acids is 1. The topological polar surface area (TPSA) is 66.4 Å². The number of carboxylic acid groups (broad SMARTS) is 1. The first-order valence-electron chi connectivity index (χ1n) is 6.25. The molecule has 0 fully saturated rings. The molecule has 1 heterocycles. The predicted octanol–water partition coefficient (Wildman–Crippen LogP) is 2.74. The number of carbonyl (C=O) groups excluding carboxylic acids is 1. The molecule has 0 radical (unpaired) electrons. The highest BCUT2D eigenvalue weighted by atomic mass is 32.2. The van der Waals surface area contributed by atoms with Crippen LogP contribution in [-0.4, -0.2) is 28.8 Å². The Hall–Kier alpha value is -1.01. The van der Waals surface area contributed by atoms with Gasteiger partial charge in [0.2, 0.25) is 5.91 Å². The Kier molecular flexibility index (Phi) is 7.59. The largest absolute Gasteiger partial charge is 0.480 e. The molecule has 1 atom stereocenters. The maximum absolute atomic E-state index is 11.7. The van der Waals surface area contributed by atoms with Crippen LogP contribution in [-0.2, 0) is 15.3 Å². The van der Waals surface area contributed by atoms with Gasteiger partial charge in [-0.1, -0.05) is 25.8 Å². The summed E-state index contributed by atoms with van der Waals surface area (Å²) in [4.78, 5) is 23.9. The minimum absolute atomic E-state index is 0.204. The van der Waals surface area contributed by atoms with Crippen molar-refractivity contribution < 1.29 is 14.7 Å².